The van der Waals surface area contributed by atoms with Gasteiger partial charge in [-0.2, -0.15) is 13.2 Å². The lowest BCUT2D eigenvalue weighted by Gasteiger charge is -2.12. The topological polar surface area (TPSA) is 93.7 Å². The molecule has 0 spiro atoms. The lowest BCUT2D eigenvalue weighted by molar-refractivity contribution is -0.147. The molecule has 2 N–H and O–H groups in total. The molecule has 3 rings (SSSR count). The number of para-hydroxylation sites is 1. The monoisotopic (exact) mass is 554 g/mol. The molecule has 7 nitrogen and oxygen atoms in total. The molecule has 2 amide bonds. The van der Waals surface area contributed by atoms with Gasteiger partial charge in [0.05, 0.1) is 27.7 Å². The van der Waals surface area contributed by atoms with E-state index in [0.29, 0.717) is 28.3 Å². The number of alkyl halides is 3. The minimum Gasteiger partial charge on any atom is -0.456 e. The fraction of sp³-hybridized carbons (Fsp3) is 0.160. The molecule has 37 heavy (non-hydrogen) atoms. The number of carbonyl (C=O) groups excluding carboxylic acids is 3. The molecule has 0 saturated heterocycles. The van der Waals surface area contributed by atoms with Crippen molar-refractivity contribution in [3.8, 4) is 11.5 Å². The number of amides is 2. The van der Waals surface area contributed by atoms with Crippen LogP contribution in [0.3, 0.4) is 0 Å². The number of ether oxygens (including phenoxy) is 2. The molecular weight excluding hydrogens is 536 g/mol. The highest BCUT2D eigenvalue weighted by Crippen LogP contribution is 2.34. The Bertz CT molecular complexity index is 1280. The first-order valence-corrected chi connectivity index (χ1v) is 11.4. The van der Waals surface area contributed by atoms with Crippen molar-refractivity contribution in [2.24, 2.45) is 0 Å². The van der Waals surface area contributed by atoms with E-state index >= 15 is 0 Å². The van der Waals surface area contributed by atoms with Crippen molar-refractivity contribution in [2.75, 3.05) is 17.2 Å². The molecule has 12 heteroatoms. The number of anilines is 2. The van der Waals surface area contributed by atoms with Crippen LogP contribution in [0.1, 0.15) is 18.4 Å². The third-order valence-electron chi connectivity index (χ3n) is 4.69. The van der Waals surface area contributed by atoms with Crippen molar-refractivity contribution in [3.63, 3.8) is 0 Å². The smallest absolute Gasteiger partial charge is 0.416 e. The maximum Gasteiger partial charge on any atom is 0.416 e. The van der Waals surface area contributed by atoms with Crippen LogP contribution in [0.5, 0.6) is 11.5 Å². The lowest BCUT2D eigenvalue weighted by Crippen LogP contribution is -2.22. The largest absolute Gasteiger partial charge is 0.456 e. The van der Waals surface area contributed by atoms with E-state index in [9.17, 15) is 27.6 Å². The Morgan fingerprint density at radius 3 is 2.19 bits per heavy atom. The van der Waals surface area contributed by atoms with Gasteiger partial charge in [0.25, 0.3) is 5.91 Å². The van der Waals surface area contributed by atoms with Gasteiger partial charge in [-0.15, -0.1) is 0 Å². The van der Waals surface area contributed by atoms with Gasteiger partial charge in [0.1, 0.15) is 11.5 Å². The van der Waals surface area contributed by atoms with Crippen molar-refractivity contribution >= 4 is 52.4 Å². The Labute approximate surface area is 219 Å². The molecule has 0 atom stereocenters. The fourth-order valence-electron chi connectivity index (χ4n) is 2.90. The van der Waals surface area contributed by atoms with Crippen LogP contribution in [0.4, 0.5) is 24.5 Å². The number of esters is 1. The summed E-state index contributed by atoms with van der Waals surface area (Å²) in [5, 5.41) is 5.09. The van der Waals surface area contributed by atoms with Gasteiger partial charge in [-0.1, -0.05) is 35.3 Å². The van der Waals surface area contributed by atoms with Crippen LogP contribution in [0.15, 0.2) is 66.7 Å². The second kappa shape index (κ2) is 12.5. The summed E-state index contributed by atoms with van der Waals surface area (Å²) in [6.07, 6.45) is -5.17. The molecule has 194 valence electrons. The number of carbonyl (C=O) groups is 3. The van der Waals surface area contributed by atoms with Crippen LogP contribution in [0, 0.1) is 0 Å². The zero-order valence-corrected chi connectivity index (χ0v) is 20.4. The van der Waals surface area contributed by atoms with Gasteiger partial charge in [0.2, 0.25) is 5.91 Å². The van der Waals surface area contributed by atoms with Crippen molar-refractivity contribution < 1.29 is 37.0 Å². The molecule has 0 saturated carbocycles. The summed E-state index contributed by atoms with van der Waals surface area (Å²) >= 11 is 11.9. The summed E-state index contributed by atoms with van der Waals surface area (Å²) in [6, 6.07) is 15.8. The van der Waals surface area contributed by atoms with E-state index < -0.39 is 36.1 Å². The summed E-state index contributed by atoms with van der Waals surface area (Å²) in [5.74, 6) is -1.23. The van der Waals surface area contributed by atoms with E-state index in [1.807, 2.05) is 0 Å². The van der Waals surface area contributed by atoms with Crippen LogP contribution < -0.4 is 15.4 Å². The van der Waals surface area contributed by atoms with E-state index in [4.69, 9.17) is 32.7 Å². The molecule has 0 aliphatic rings. The van der Waals surface area contributed by atoms with Gasteiger partial charge in [-0.3, -0.25) is 14.4 Å². The zero-order chi connectivity index (χ0) is 27.0. The van der Waals surface area contributed by atoms with Crippen molar-refractivity contribution in [1.82, 2.24) is 0 Å². The molecule has 0 fully saturated rings. The van der Waals surface area contributed by atoms with Gasteiger partial charge in [-0.05, 0) is 54.6 Å². The van der Waals surface area contributed by atoms with E-state index in [-0.39, 0.29) is 23.6 Å². The minimum atomic E-state index is -4.62. The number of hydrogen-bond acceptors (Lipinski definition) is 5. The summed E-state index contributed by atoms with van der Waals surface area (Å²) in [4.78, 5) is 35.9. The Kier molecular flexibility index (Phi) is 9.37. The molecule has 0 aliphatic carbocycles. The third-order valence-corrected chi connectivity index (χ3v) is 5.33. The van der Waals surface area contributed by atoms with Gasteiger partial charge < -0.3 is 20.1 Å². The Morgan fingerprint density at radius 1 is 0.811 bits per heavy atom. The van der Waals surface area contributed by atoms with Gasteiger partial charge >= 0.3 is 12.1 Å². The summed E-state index contributed by atoms with van der Waals surface area (Å²) in [7, 11) is 0. The Morgan fingerprint density at radius 2 is 1.51 bits per heavy atom. The summed E-state index contributed by atoms with van der Waals surface area (Å²) in [6.45, 7) is -0.764. The Balaban J connectivity index is 1.40. The highest BCUT2D eigenvalue weighted by atomic mass is 35.5. The molecule has 0 heterocycles. The normalized spacial score (nSPS) is 10.9. The molecule has 3 aromatic carbocycles. The second-order valence-corrected chi connectivity index (χ2v) is 8.32. The molecule has 0 aromatic heterocycles. The van der Waals surface area contributed by atoms with E-state index in [1.165, 1.54) is 0 Å². The lowest BCUT2D eigenvalue weighted by atomic mass is 10.2. The van der Waals surface area contributed by atoms with Crippen LogP contribution in [0.25, 0.3) is 0 Å². The minimum absolute atomic E-state index is 0.118. The van der Waals surface area contributed by atoms with E-state index in [1.54, 1.807) is 48.5 Å². The Hall–Kier alpha value is -3.76. The first kappa shape index (κ1) is 27.8. The predicted octanol–water partition coefficient (Wildman–Crippen LogP) is 6.71. The summed E-state index contributed by atoms with van der Waals surface area (Å²) < 4.78 is 48.9. The second-order valence-electron chi connectivity index (χ2n) is 7.51. The maximum absolute atomic E-state index is 12.8. The predicted molar refractivity (Wildman–Crippen MR) is 132 cm³/mol. The number of nitrogens with one attached hydrogen (secondary N) is 2. The van der Waals surface area contributed by atoms with E-state index in [0.717, 1.165) is 12.1 Å². The standard InChI is InChI=1S/C25H19Cl2F3N2O5/c26-18-10-5-15(25(28,29)30)13-20(18)32-23(34)14-36-24(35)12-11-22(33)31-16-6-8-17(9-7-16)37-21-4-2-1-3-19(21)27/h1-10,13H,11-12,14H2,(H,31,33)(H,32,34). The quantitative estimate of drug-likeness (QED) is 0.287. The van der Waals surface area contributed by atoms with Crippen molar-refractivity contribution in [2.45, 2.75) is 19.0 Å². The molecule has 3 aromatic rings. The first-order valence-electron chi connectivity index (χ1n) is 10.7. The number of halogens is 5. The highest BCUT2D eigenvalue weighted by molar-refractivity contribution is 6.33. The SMILES string of the molecule is O=C(CCC(=O)OCC(=O)Nc1cc(C(F)(F)F)ccc1Cl)Nc1ccc(Oc2ccccc2Cl)cc1. The fourth-order valence-corrected chi connectivity index (χ4v) is 3.24. The number of benzene rings is 3. The van der Waals surface area contributed by atoms with Crippen LogP contribution in [-0.2, 0) is 25.3 Å². The summed E-state index contributed by atoms with van der Waals surface area (Å²) in [5.41, 5.74) is -0.819. The van der Waals surface area contributed by atoms with Gasteiger partial charge in [0.15, 0.2) is 6.61 Å². The van der Waals surface area contributed by atoms with Crippen molar-refractivity contribution in [1.29, 1.82) is 0 Å². The molecular formula is C25H19Cl2F3N2O5. The maximum atomic E-state index is 12.8. The van der Waals surface area contributed by atoms with Gasteiger partial charge in [-0.25, -0.2) is 0 Å². The van der Waals surface area contributed by atoms with Gasteiger partial charge in [0, 0.05) is 12.1 Å². The average molecular weight is 555 g/mol. The first-order chi connectivity index (χ1) is 17.5. The van der Waals surface area contributed by atoms with Crippen molar-refractivity contribution in [3.05, 3.63) is 82.3 Å². The van der Waals surface area contributed by atoms with Crippen LogP contribution >= 0.6 is 23.2 Å². The van der Waals surface area contributed by atoms with Crippen LogP contribution in [0.2, 0.25) is 10.0 Å². The molecule has 0 aliphatic heterocycles. The number of hydrogen-bond donors (Lipinski definition) is 2. The highest BCUT2D eigenvalue weighted by Gasteiger charge is 2.31. The molecule has 0 radical (unpaired) electrons. The zero-order valence-electron chi connectivity index (χ0n) is 18.9. The average Bonchev–Trinajstić information content (AvgIpc) is 2.84. The van der Waals surface area contributed by atoms with Crippen LogP contribution in [-0.4, -0.2) is 24.4 Å². The number of rotatable bonds is 9. The molecule has 0 unspecified atom stereocenters. The molecule has 0 bridgehead atoms. The van der Waals surface area contributed by atoms with E-state index in [2.05, 4.69) is 10.6 Å². The third kappa shape index (κ3) is 8.69.